The van der Waals surface area contributed by atoms with Crippen LogP contribution in [0.3, 0.4) is 0 Å². The van der Waals surface area contributed by atoms with Crippen LogP contribution in [0, 0.1) is 11.3 Å². The predicted molar refractivity (Wildman–Crippen MR) is 169 cm³/mol. The number of aryl methyl sites for hydroxylation is 1. The maximum atomic E-state index is 11.5. The zero-order valence-corrected chi connectivity index (χ0v) is 25.0. The van der Waals surface area contributed by atoms with E-state index in [9.17, 15) is 18.2 Å². The Balaban J connectivity index is 1.55. The number of ether oxygens (including phenoxy) is 1. The Bertz CT molecular complexity index is 1790. The lowest BCUT2D eigenvalue weighted by Crippen LogP contribution is -2.38. The topological polar surface area (TPSA) is 105 Å². The molecule has 0 aliphatic heterocycles. The Morgan fingerprint density at radius 3 is 2.05 bits per heavy atom. The Hall–Kier alpha value is -4.55. The molecule has 6 rings (SSSR count). The van der Waals surface area contributed by atoms with E-state index in [-0.39, 0.29) is 13.0 Å². The number of nitriles is 1. The first-order valence-corrected chi connectivity index (χ1v) is 16.3. The third kappa shape index (κ3) is 5.46. The minimum atomic E-state index is -4.12. The first-order chi connectivity index (χ1) is 21.4. The summed E-state index contributed by atoms with van der Waals surface area (Å²) in [6, 6.07) is 38.9. The van der Waals surface area contributed by atoms with Crippen molar-refractivity contribution in [3.05, 3.63) is 161 Å². The van der Waals surface area contributed by atoms with Gasteiger partial charge in [-0.05, 0) is 65.6 Å². The van der Waals surface area contributed by atoms with E-state index in [0.29, 0.717) is 17.7 Å². The van der Waals surface area contributed by atoms with Gasteiger partial charge >= 0.3 is 0 Å². The molecule has 0 saturated heterocycles. The number of fused-ring (bicyclic) bond motifs is 1. The summed E-state index contributed by atoms with van der Waals surface area (Å²) in [5.74, 6) is -0.392. The van der Waals surface area contributed by atoms with Crippen molar-refractivity contribution in [2.75, 3.05) is 12.4 Å². The van der Waals surface area contributed by atoms with Gasteiger partial charge in [-0.3, -0.25) is 4.55 Å². The van der Waals surface area contributed by atoms with Gasteiger partial charge in [-0.2, -0.15) is 13.7 Å². The van der Waals surface area contributed by atoms with Gasteiger partial charge in [0.15, 0.2) is 0 Å². The Morgan fingerprint density at radius 1 is 0.909 bits per heavy atom. The summed E-state index contributed by atoms with van der Waals surface area (Å²) < 4.78 is 41.1. The molecule has 0 spiro atoms. The second kappa shape index (κ2) is 12.2. The van der Waals surface area contributed by atoms with Crippen molar-refractivity contribution in [1.29, 1.82) is 5.26 Å². The van der Waals surface area contributed by atoms with Gasteiger partial charge in [0.2, 0.25) is 0 Å². The van der Waals surface area contributed by atoms with E-state index < -0.39 is 27.0 Å². The molecule has 1 aliphatic carbocycles. The Morgan fingerprint density at radius 2 is 1.50 bits per heavy atom. The lowest BCUT2D eigenvalue weighted by atomic mass is 9.75. The van der Waals surface area contributed by atoms with E-state index in [0.717, 1.165) is 40.7 Å². The van der Waals surface area contributed by atoms with Crippen molar-refractivity contribution < 1.29 is 17.7 Å². The average molecular weight is 604 g/mol. The van der Waals surface area contributed by atoms with Crippen LogP contribution in [0.4, 0.5) is 0 Å². The van der Waals surface area contributed by atoms with Crippen molar-refractivity contribution in [3.63, 3.8) is 0 Å². The zero-order chi connectivity index (χ0) is 30.6. The molecule has 0 saturated carbocycles. The summed E-state index contributed by atoms with van der Waals surface area (Å²) in [5.41, 5.74) is 4.66. The molecule has 0 bridgehead atoms. The second-order valence-electron chi connectivity index (χ2n) is 11.1. The second-order valence-corrected chi connectivity index (χ2v) is 12.7. The zero-order valence-electron chi connectivity index (χ0n) is 24.2. The molecule has 0 amide bonds. The third-order valence-corrected chi connectivity index (χ3v) is 9.30. The number of aromatic nitrogens is 2. The number of imidazole rings is 1. The highest BCUT2D eigenvalue weighted by Crippen LogP contribution is 2.46. The van der Waals surface area contributed by atoms with Crippen molar-refractivity contribution in [2.45, 2.75) is 36.8 Å². The van der Waals surface area contributed by atoms with Crippen LogP contribution in [0.5, 0.6) is 0 Å². The molecule has 44 heavy (non-hydrogen) atoms. The summed E-state index contributed by atoms with van der Waals surface area (Å²) in [6.45, 7) is 0.104. The Labute approximate surface area is 258 Å². The minimum Gasteiger partial charge on any atom is -0.364 e. The number of rotatable bonds is 10. The highest BCUT2D eigenvalue weighted by Gasteiger charge is 2.44. The van der Waals surface area contributed by atoms with Crippen LogP contribution in [0.25, 0.3) is 0 Å². The van der Waals surface area contributed by atoms with Crippen LogP contribution in [-0.4, -0.2) is 34.9 Å². The van der Waals surface area contributed by atoms with E-state index >= 15 is 0 Å². The molecule has 1 atom stereocenters. The first kappa shape index (κ1) is 29.5. The van der Waals surface area contributed by atoms with Crippen LogP contribution in [0.15, 0.2) is 122 Å². The number of hydrogen-bond donors (Lipinski definition) is 1. The fraction of sp³-hybridized carbons (Fsp3) is 0.222. The highest BCUT2D eigenvalue weighted by molar-refractivity contribution is 7.85. The number of benzene rings is 4. The van der Waals surface area contributed by atoms with Crippen molar-refractivity contribution in [1.82, 2.24) is 9.55 Å². The molecule has 1 aliphatic rings. The molecule has 0 radical (unpaired) electrons. The van der Waals surface area contributed by atoms with Crippen LogP contribution in [-0.2, 0) is 32.4 Å². The lowest BCUT2D eigenvalue weighted by molar-refractivity contribution is -0.0332. The van der Waals surface area contributed by atoms with Crippen molar-refractivity contribution in [3.8, 4) is 6.07 Å². The predicted octanol–water partition coefficient (Wildman–Crippen LogP) is 6.47. The van der Waals surface area contributed by atoms with Crippen molar-refractivity contribution in [2.24, 2.45) is 0 Å². The lowest BCUT2D eigenvalue weighted by Gasteiger charge is -2.39. The van der Waals surface area contributed by atoms with E-state index in [1.165, 1.54) is 0 Å². The molecule has 0 fully saturated rings. The first-order valence-electron chi connectivity index (χ1n) is 14.7. The summed E-state index contributed by atoms with van der Waals surface area (Å²) in [7, 11) is -4.12. The van der Waals surface area contributed by atoms with Gasteiger partial charge in [-0.25, -0.2) is 4.98 Å². The van der Waals surface area contributed by atoms with Gasteiger partial charge in [-0.1, -0.05) is 97.1 Å². The largest absolute Gasteiger partial charge is 0.364 e. The molecule has 1 aromatic heterocycles. The van der Waals surface area contributed by atoms with Crippen LogP contribution in [0.2, 0.25) is 0 Å². The van der Waals surface area contributed by atoms with Crippen LogP contribution < -0.4 is 0 Å². The Kier molecular flexibility index (Phi) is 8.19. The third-order valence-electron chi connectivity index (χ3n) is 8.50. The van der Waals surface area contributed by atoms with E-state index in [4.69, 9.17) is 9.72 Å². The number of nitrogens with zero attached hydrogens (tertiary/aromatic N) is 3. The van der Waals surface area contributed by atoms with Gasteiger partial charge < -0.3 is 9.30 Å². The van der Waals surface area contributed by atoms with Crippen LogP contribution in [0.1, 0.15) is 58.3 Å². The van der Waals surface area contributed by atoms with Crippen LogP contribution >= 0.6 is 0 Å². The monoisotopic (exact) mass is 603 g/mol. The molecule has 222 valence electrons. The highest BCUT2D eigenvalue weighted by atomic mass is 32.2. The molecule has 7 nitrogen and oxygen atoms in total. The van der Waals surface area contributed by atoms with E-state index in [2.05, 4.69) is 47.0 Å². The van der Waals surface area contributed by atoms with Gasteiger partial charge in [0.1, 0.15) is 11.1 Å². The fourth-order valence-corrected chi connectivity index (χ4v) is 7.09. The quantitative estimate of drug-likeness (QED) is 0.111. The average Bonchev–Trinajstić information content (AvgIpc) is 3.55. The van der Waals surface area contributed by atoms with E-state index in [1.54, 1.807) is 6.07 Å². The summed E-state index contributed by atoms with van der Waals surface area (Å²) >= 11 is 0. The van der Waals surface area contributed by atoms with Gasteiger partial charge in [0.25, 0.3) is 10.1 Å². The summed E-state index contributed by atoms with van der Waals surface area (Å²) in [6.07, 6.45) is 6.25. The van der Waals surface area contributed by atoms with Gasteiger partial charge in [-0.15, -0.1) is 0 Å². The fourth-order valence-electron chi connectivity index (χ4n) is 6.60. The molecule has 4 aromatic carbocycles. The molecular weight excluding hydrogens is 570 g/mol. The molecule has 1 N–H and O–H groups in total. The SMILES string of the molecule is N#Cc1ccc2c(c1)CCCC2(OCCCS(=O)(=O)O)c1cn(C(c2ccccc2)(c2ccccc2)c2ccccc2)cn1. The smallest absolute Gasteiger partial charge is 0.264 e. The minimum absolute atomic E-state index is 0.104. The normalized spacial score (nSPS) is 16.6. The number of hydrogen-bond acceptors (Lipinski definition) is 5. The molecule has 5 aromatic rings. The molecule has 1 heterocycles. The molecular formula is C36H33N3O4S. The standard InChI is InChI=1S/C36H33N3O4S/c37-25-28-19-20-33-29(24-28)12-10-21-35(33,43-22-11-23-44(40,41)42)34-26-39(27-38-34)36(30-13-4-1-5-14-30,31-15-6-2-7-16-31)32-17-8-3-9-18-32/h1-9,13-20,24,26-27H,10-12,21-23H2,(H,40,41,42). The summed E-state index contributed by atoms with van der Waals surface area (Å²) in [4.78, 5) is 5.03. The molecule has 8 heteroatoms. The molecule has 1 unspecified atom stereocenters. The van der Waals surface area contributed by atoms with Gasteiger partial charge in [0.05, 0.1) is 29.4 Å². The maximum absolute atomic E-state index is 11.5. The maximum Gasteiger partial charge on any atom is 0.264 e. The van der Waals surface area contributed by atoms with Gasteiger partial charge in [0, 0.05) is 12.8 Å². The van der Waals surface area contributed by atoms with E-state index in [1.807, 2.05) is 79.3 Å². The summed E-state index contributed by atoms with van der Waals surface area (Å²) in [5, 5.41) is 9.58. The van der Waals surface area contributed by atoms with Crippen molar-refractivity contribution >= 4 is 10.1 Å².